The minimum Gasteiger partial charge on any atom is -0.429 e. The molecular weight excluding hydrogens is 608 g/mol. The summed E-state index contributed by atoms with van der Waals surface area (Å²) in [6, 6.07) is 0. The molecule has 0 aromatic heterocycles. The van der Waals surface area contributed by atoms with Gasteiger partial charge < -0.3 is 59.8 Å². The molecule has 2 rings (SSSR count). The third-order valence-electron chi connectivity index (χ3n) is 7.03. The molecule has 2 fully saturated rings. The van der Waals surface area contributed by atoms with Crippen molar-refractivity contribution in [2.75, 3.05) is 13.2 Å². The van der Waals surface area contributed by atoms with Gasteiger partial charge in [-0.15, -0.1) is 0 Å². The number of carbonyl (C=O) groups excluding carboxylic acids is 2. The summed E-state index contributed by atoms with van der Waals surface area (Å²) in [4.78, 5) is 24.7. The van der Waals surface area contributed by atoms with E-state index in [0.717, 1.165) is 11.1 Å². The van der Waals surface area contributed by atoms with Gasteiger partial charge in [-0.05, 0) is 27.7 Å². The van der Waals surface area contributed by atoms with E-state index in [1.54, 1.807) is 36.5 Å². The van der Waals surface area contributed by atoms with Crippen LogP contribution in [0.3, 0.4) is 0 Å². The molecule has 0 saturated carbocycles. The largest absolute Gasteiger partial charge is 0.429 e. The lowest BCUT2D eigenvalue weighted by Crippen LogP contribution is -2.59. The van der Waals surface area contributed by atoms with Crippen LogP contribution in [0.4, 0.5) is 0 Å². The molecule has 46 heavy (non-hydrogen) atoms. The molecule has 14 nitrogen and oxygen atoms in total. The third kappa shape index (κ3) is 11.2. The highest BCUT2D eigenvalue weighted by Gasteiger charge is 2.46. The maximum atomic E-state index is 12.3. The summed E-state index contributed by atoms with van der Waals surface area (Å²) >= 11 is 0. The number of allylic oxidation sites excluding steroid dienone is 12. The number of carbonyl (C=O) groups is 2. The van der Waals surface area contributed by atoms with Crippen molar-refractivity contribution in [2.24, 2.45) is 0 Å². The first-order chi connectivity index (χ1) is 21.7. The molecule has 0 amide bonds. The Hall–Kier alpha value is -3.28. The van der Waals surface area contributed by atoms with Crippen molar-refractivity contribution in [2.45, 2.75) is 89.1 Å². The minimum absolute atomic E-state index is 0.174. The van der Waals surface area contributed by atoms with E-state index in [0.29, 0.717) is 0 Å². The standard InChI is InChI=1S/C32H44O14/c1-17(11-7-13-19(3)29(41)45-31-27(39)25(37)23(35)21(15-33)43-31)9-5-6-10-18(2)12-8-14-20(4)30(42)46-32-28(40)26(38)24(36)22(16-34)44-32/h5-14,21-28,31-40H,15-16H2,1-4H3/t21-,22-,23-,24-,25+,26+,27-,28-,31+,32+/m1/s1. The van der Waals surface area contributed by atoms with Crippen LogP contribution < -0.4 is 0 Å². The van der Waals surface area contributed by atoms with Crippen LogP contribution in [0.5, 0.6) is 0 Å². The van der Waals surface area contributed by atoms with E-state index in [4.69, 9.17) is 18.9 Å². The summed E-state index contributed by atoms with van der Waals surface area (Å²) in [5.74, 6) is -1.64. The molecule has 8 N–H and O–H groups in total. The van der Waals surface area contributed by atoms with Crippen molar-refractivity contribution in [3.05, 3.63) is 83.1 Å². The van der Waals surface area contributed by atoms with Crippen molar-refractivity contribution in [1.29, 1.82) is 0 Å². The van der Waals surface area contributed by atoms with E-state index in [2.05, 4.69) is 0 Å². The highest BCUT2D eigenvalue weighted by atomic mass is 16.7. The Kier molecular flexibility index (Phi) is 15.9. The number of hydrogen-bond donors (Lipinski definition) is 8. The molecule has 10 atom stereocenters. The monoisotopic (exact) mass is 652 g/mol. The van der Waals surface area contributed by atoms with Gasteiger partial charge >= 0.3 is 11.9 Å². The number of hydrogen-bond acceptors (Lipinski definition) is 14. The van der Waals surface area contributed by atoms with E-state index in [1.165, 1.54) is 26.0 Å². The average Bonchev–Trinajstić information content (AvgIpc) is 3.03. The fourth-order valence-corrected chi connectivity index (χ4v) is 4.08. The van der Waals surface area contributed by atoms with Gasteiger partial charge in [-0.1, -0.05) is 71.9 Å². The Balaban J connectivity index is 1.86. The summed E-state index contributed by atoms with van der Waals surface area (Å²) in [5.41, 5.74) is 2.04. The fourth-order valence-electron chi connectivity index (χ4n) is 4.08. The summed E-state index contributed by atoms with van der Waals surface area (Å²) in [6.07, 6.45) is 1.59. The first-order valence-electron chi connectivity index (χ1n) is 14.5. The highest BCUT2D eigenvalue weighted by molar-refractivity contribution is 5.88. The molecule has 2 aliphatic heterocycles. The molecule has 0 spiro atoms. The Morgan fingerprint density at radius 1 is 0.543 bits per heavy atom. The molecule has 2 saturated heterocycles. The summed E-state index contributed by atoms with van der Waals surface area (Å²) < 4.78 is 20.5. The Morgan fingerprint density at radius 3 is 1.22 bits per heavy atom. The number of rotatable bonds is 12. The lowest BCUT2D eigenvalue weighted by Gasteiger charge is -2.39. The van der Waals surface area contributed by atoms with Gasteiger partial charge in [0.25, 0.3) is 0 Å². The van der Waals surface area contributed by atoms with Gasteiger partial charge in [-0.3, -0.25) is 0 Å². The second-order valence-electron chi connectivity index (χ2n) is 10.8. The quantitative estimate of drug-likeness (QED) is 0.0728. The van der Waals surface area contributed by atoms with Crippen molar-refractivity contribution >= 4 is 11.9 Å². The van der Waals surface area contributed by atoms with E-state index in [9.17, 15) is 50.4 Å². The zero-order valence-corrected chi connectivity index (χ0v) is 26.0. The zero-order valence-electron chi connectivity index (χ0n) is 26.0. The van der Waals surface area contributed by atoms with E-state index < -0.39 is 86.6 Å². The molecule has 0 bridgehead atoms. The first kappa shape index (κ1) is 38.9. The fraction of sp³-hybridized carbons (Fsp3) is 0.500. The van der Waals surface area contributed by atoms with Crippen LogP contribution in [0.25, 0.3) is 0 Å². The maximum absolute atomic E-state index is 12.3. The van der Waals surface area contributed by atoms with Crippen molar-refractivity contribution in [1.82, 2.24) is 0 Å². The summed E-state index contributed by atoms with van der Waals surface area (Å²) in [6.45, 7) is 5.36. The van der Waals surface area contributed by atoms with Crippen LogP contribution in [-0.4, -0.2) is 127 Å². The zero-order chi connectivity index (χ0) is 34.6. The summed E-state index contributed by atoms with van der Waals surface area (Å²) in [7, 11) is 0. The molecule has 14 heteroatoms. The highest BCUT2D eigenvalue weighted by Crippen LogP contribution is 2.24. The molecule has 0 radical (unpaired) electrons. The van der Waals surface area contributed by atoms with Gasteiger partial charge in [0, 0.05) is 11.1 Å². The molecule has 0 aliphatic carbocycles. The van der Waals surface area contributed by atoms with Crippen LogP contribution in [0.15, 0.2) is 83.1 Å². The SMILES string of the molecule is CC(C=CC=C(C)C(=O)O[C@@H]1O[C@H](CO)[C@@H](O)[C@H](O)[C@H]1O)=CC=CC=C(C)C=CC=C(C)C(=O)O[C@@H]1O[C@H](CO)[C@@H](O)[C@H](O)[C@H]1O. The first-order valence-corrected chi connectivity index (χ1v) is 14.5. The van der Waals surface area contributed by atoms with Crippen LogP contribution in [-0.2, 0) is 28.5 Å². The number of aliphatic hydroxyl groups is 8. The topological polar surface area (TPSA) is 233 Å². The van der Waals surface area contributed by atoms with Crippen molar-refractivity contribution in [3.8, 4) is 0 Å². The second-order valence-corrected chi connectivity index (χ2v) is 10.8. The number of ether oxygens (including phenoxy) is 4. The number of aliphatic hydroxyl groups excluding tert-OH is 8. The van der Waals surface area contributed by atoms with Crippen LogP contribution in [0.1, 0.15) is 27.7 Å². The Morgan fingerprint density at radius 2 is 0.891 bits per heavy atom. The van der Waals surface area contributed by atoms with E-state index >= 15 is 0 Å². The molecule has 2 aliphatic rings. The molecule has 0 aromatic carbocycles. The smallest absolute Gasteiger partial charge is 0.336 e. The lowest BCUT2D eigenvalue weighted by atomic mass is 9.99. The Labute approximate surface area is 266 Å². The van der Waals surface area contributed by atoms with Crippen LogP contribution >= 0.6 is 0 Å². The van der Waals surface area contributed by atoms with Gasteiger partial charge in [0.05, 0.1) is 13.2 Å². The molecular formula is C32H44O14. The lowest BCUT2D eigenvalue weighted by molar-refractivity contribution is -0.291. The molecule has 256 valence electrons. The second kappa shape index (κ2) is 18.8. The minimum atomic E-state index is -1.69. The molecule has 0 unspecified atom stereocenters. The van der Waals surface area contributed by atoms with E-state index in [1.807, 2.05) is 26.0 Å². The van der Waals surface area contributed by atoms with Crippen LogP contribution in [0, 0.1) is 0 Å². The third-order valence-corrected chi connectivity index (χ3v) is 7.03. The Bertz CT molecular complexity index is 1150. The average molecular weight is 653 g/mol. The predicted octanol–water partition coefficient (Wildman–Crippen LogP) is -0.874. The van der Waals surface area contributed by atoms with Crippen LogP contribution in [0.2, 0.25) is 0 Å². The predicted molar refractivity (Wildman–Crippen MR) is 162 cm³/mol. The molecule has 0 aromatic rings. The normalized spacial score (nSPS) is 33.7. The molecule has 2 heterocycles. The maximum Gasteiger partial charge on any atom is 0.336 e. The van der Waals surface area contributed by atoms with Crippen molar-refractivity contribution in [3.63, 3.8) is 0 Å². The number of esters is 2. The van der Waals surface area contributed by atoms with E-state index in [-0.39, 0.29) is 11.1 Å². The van der Waals surface area contributed by atoms with Gasteiger partial charge in [0.1, 0.15) is 48.8 Å². The van der Waals surface area contributed by atoms with Gasteiger partial charge in [0.2, 0.25) is 12.6 Å². The van der Waals surface area contributed by atoms with Gasteiger partial charge in [-0.2, -0.15) is 0 Å². The summed E-state index contributed by atoms with van der Waals surface area (Å²) in [5, 5.41) is 77.8. The van der Waals surface area contributed by atoms with Gasteiger partial charge in [0.15, 0.2) is 0 Å². The van der Waals surface area contributed by atoms with Gasteiger partial charge in [-0.25, -0.2) is 9.59 Å². The van der Waals surface area contributed by atoms with Crippen molar-refractivity contribution < 1.29 is 69.4 Å².